The number of benzene rings is 2. The van der Waals surface area contributed by atoms with Crippen LogP contribution in [-0.2, 0) is 6.42 Å². The molecule has 2 aromatic heterocycles. The summed E-state index contributed by atoms with van der Waals surface area (Å²) in [6, 6.07) is 27.2. The smallest absolute Gasteiger partial charge is 0.321 e. The van der Waals surface area contributed by atoms with Crippen LogP contribution < -0.4 is 20.4 Å². The van der Waals surface area contributed by atoms with E-state index in [1.165, 1.54) is 0 Å². The van der Waals surface area contributed by atoms with E-state index in [2.05, 4.69) is 30.4 Å². The third kappa shape index (κ3) is 6.86. The SMILES string of the molecule is O=C(Nc1ccccc1Cc1ccccc1NC(=O)N1CCN(c2ccccn2)CC1)N1CCN(c2ccccn2)CC1. The average Bonchev–Trinajstić information content (AvgIpc) is 3.07. The Morgan fingerprint density at radius 3 is 1.33 bits per heavy atom. The van der Waals surface area contributed by atoms with Gasteiger partial charge in [-0.05, 0) is 47.5 Å². The van der Waals surface area contributed by atoms with Crippen molar-refractivity contribution in [2.75, 3.05) is 72.8 Å². The molecule has 2 aromatic carbocycles. The van der Waals surface area contributed by atoms with Crippen molar-refractivity contribution < 1.29 is 9.59 Å². The van der Waals surface area contributed by atoms with E-state index in [-0.39, 0.29) is 12.1 Å². The van der Waals surface area contributed by atoms with Crippen molar-refractivity contribution in [3.8, 4) is 0 Å². The molecule has 0 saturated carbocycles. The highest BCUT2D eigenvalue weighted by atomic mass is 16.2. The van der Waals surface area contributed by atoms with E-state index in [0.717, 1.165) is 60.3 Å². The van der Waals surface area contributed by atoms with Gasteiger partial charge in [0.1, 0.15) is 11.6 Å². The summed E-state index contributed by atoms with van der Waals surface area (Å²) in [6.07, 6.45) is 4.15. The number of aromatic nitrogens is 2. The number of rotatable bonds is 6. The van der Waals surface area contributed by atoms with Gasteiger partial charge in [-0.2, -0.15) is 0 Å². The fourth-order valence-corrected chi connectivity index (χ4v) is 5.55. The topological polar surface area (TPSA) is 96.9 Å². The van der Waals surface area contributed by atoms with E-state index >= 15 is 0 Å². The first-order chi connectivity index (χ1) is 21.1. The van der Waals surface area contributed by atoms with Gasteiger partial charge < -0.3 is 30.2 Å². The molecule has 2 N–H and O–H groups in total. The second-order valence-electron chi connectivity index (χ2n) is 10.7. The Labute approximate surface area is 252 Å². The summed E-state index contributed by atoms with van der Waals surface area (Å²) in [5, 5.41) is 6.26. The lowest BCUT2D eigenvalue weighted by Crippen LogP contribution is -2.50. The lowest BCUT2D eigenvalue weighted by molar-refractivity contribution is 0.207. The zero-order valence-corrected chi connectivity index (χ0v) is 24.1. The molecular weight excluding hydrogens is 540 g/mol. The predicted molar refractivity (Wildman–Crippen MR) is 170 cm³/mol. The van der Waals surface area contributed by atoms with Crippen molar-refractivity contribution in [2.24, 2.45) is 0 Å². The van der Waals surface area contributed by atoms with Gasteiger partial charge in [-0.1, -0.05) is 48.5 Å². The van der Waals surface area contributed by atoms with Gasteiger partial charge in [0.2, 0.25) is 0 Å². The Kier molecular flexibility index (Phi) is 8.63. The van der Waals surface area contributed by atoms with Gasteiger partial charge in [0.15, 0.2) is 0 Å². The molecule has 4 aromatic rings. The average molecular weight is 577 g/mol. The first-order valence-corrected chi connectivity index (χ1v) is 14.7. The largest absolute Gasteiger partial charge is 0.353 e. The Hall–Kier alpha value is -5.12. The fourth-order valence-electron chi connectivity index (χ4n) is 5.55. The summed E-state index contributed by atoms with van der Waals surface area (Å²) in [5.74, 6) is 1.87. The molecule has 43 heavy (non-hydrogen) atoms. The molecule has 0 radical (unpaired) electrons. The van der Waals surface area contributed by atoms with Crippen LogP contribution >= 0.6 is 0 Å². The lowest BCUT2D eigenvalue weighted by Gasteiger charge is -2.35. The summed E-state index contributed by atoms with van der Waals surface area (Å²) >= 11 is 0. The van der Waals surface area contributed by atoms with Gasteiger partial charge >= 0.3 is 12.1 Å². The zero-order chi connectivity index (χ0) is 29.4. The molecule has 10 heteroatoms. The van der Waals surface area contributed by atoms with Crippen molar-refractivity contribution in [3.05, 3.63) is 108 Å². The quantitative estimate of drug-likeness (QED) is 0.343. The maximum atomic E-state index is 13.2. The first kappa shape index (κ1) is 28.0. The standard InChI is InChI=1S/C33H36N8O2/c42-32(40-21-17-38(18-22-40)30-13-5-7-15-34-30)36-28-11-3-1-9-26(28)25-27-10-2-4-12-29(27)37-33(43)41-23-19-39(20-24-41)31-14-6-8-16-35-31/h1-16H,17-25H2,(H,36,42)(H,37,43). The molecular formula is C33H36N8O2. The molecule has 0 atom stereocenters. The van der Waals surface area contributed by atoms with Crippen molar-refractivity contribution in [1.82, 2.24) is 19.8 Å². The number of nitrogens with one attached hydrogen (secondary N) is 2. The van der Waals surface area contributed by atoms with Crippen LogP contribution in [0.1, 0.15) is 11.1 Å². The number of carbonyl (C=O) groups excluding carboxylic acids is 2. The molecule has 2 fully saturated rings. The van der Waals surface area contributed by atoms with Crippen LogP contribution in [0.25, 0.3) is 0 Å². The van der Waals surface area contributed by atoms with Crippen LogP contribution in [0.15, 0.2) is 97.3 Å². The maximum absolute atomic E-state index is 13.2. The number of urea groups is 2. The van der Waals surface area contributed by atoms with E-state index < -0.39 is 0 Å². The Morgan fingerprint density at radius 2 is 0.930 bits per heavy atom. The minimum absolute atomic E-state index is 0.112. The Morgan fingerprint density at radius 1 is 0.535 bits per heavy atom. The monoisotopic (exact) mass is 576 g/mol. The maximum Gasteiger partial charge on any atom is 0.321 e. The number of pyridine rings is 2. The molecule has 4 heterocycles. The van der Waals surface area contributed by atoms with Crippen molar-refractivity contribution >= 4 is 35.1 Å². The molecule has 6 rings (SSSR count). The van der Waals surface area contributed by atoms with Crippen molar-refractivity contribution in [3.63, 3.8) is 0 Å². The molecule has 0 aliphatic carbocycles. The minimum atomic E-state index is -0.112. The zero-order valence-electron chi connectivity index (χ0n) is 24.1. The minimum Gasteiger partial charge on any atom is -0.353 e. The van der Waals surface area contributed by atoms with Crippen LogP contribution in [0.4, 0.5) is 32.6 Å². The van der Waals surface area contributed by atoms with E-state index in [4.69, 9.17) is 0 Å². The highest BCUT2D eigenvalue weighted by Gasteiger charge is 2.24. The number of para-hydroxylation sites is 2. The van der Waals surface area contributed by atoms with Gasteiger partial charge in [-0.25, -0.2) is 19.6 Å². The lowest BCUT2D eigenvalue weighted by atomic mass is 10.0. The molecule has 2 saturated heterocycles. The number of amides is 4. The van der Waals surface area contributed by atoms with E-state index in [1.54, 1.807) is 12.4 Å². The van der Waals surface area contributed by atoms with Crippen LogP contribution in [-0.4, -0.2) is 84.2 Å². The molecule has 10 nitrogen and oxygen atoms in total. The van der Waals surface area contributed by atoms with E-state index in [9.17, 15) is 9.59 Å². The molecule has 0 unspecified atom stereocenters. The van der Waals surface area contributed by atoms with E-state index in [0.29, 0.717) is 32.6 Å². The summed E-state index contributed by atoms with van der Waals surface area (Å²) in [5.41, 5.74) is 3.50. The normalized spacial score (nSPS) is 15.3. The van der Waals surface area contributed by atoms with Gasteiger partial charge in [0, 0.05) is 82.5 Å². The van der Waals surface area contributed by atoms with Crippen LogP contribution in [0.5, 0.6) is 0 Å². The van der Waals surface area contributed by atoms with E-state index in [1.807, 2.05) is 94.7 Å². The first-order valence-electron chi connectivity index (χ1n) is 14.7. The van der Waals surface area contributed by atoms with Crippen LogP contribution in [0, 0.1) is 0 Å². The summed E-state index contributed by atoms with van der Waals surface area (Å²) in [4.78, 5) is 43.4. The van der Waals surface area contributed by atoms with Gasteiger partial charge in [-0.3, -0.25) is 0 Å². The molecule has 0 bridgehead atoms. The molecule has 0 spiro atoms. The number of carbonyl (C=O) groups is 2. The van der Waals surface area contributed by atoms with Crippen molar-refractivity contribution in [2.45, 2.75) is 6.42 Å². The number of hydrogen-bond acceptors (Lipinski definition) is 6. The number of piperazine rings is 2. The van der Waals surface area contributed by atoms with Crippen LogP contribution in [0.2, 0.25) is 0 Å². The van der Waals surface area contributed by atoms with Gasteiger partial charge in [0.25, 0.3) is 0 Å². The van der Waals surface area contributed by atoms with Crippen LogP contribution in [0.3, 0.4) is 0 Å². The third-order valence-corrected chi connectivity index (χ3v) is 7.98. The summed E-state index contributed by atoms with van der Waals surface area (Å²) in [6.45, 7) is 5.42. The Bertz CT molecular complexity index is 1400. The Balaban J connectivity index is 1.06. The molecule has 2 aliphatic rings. The number of anilines is 4. The molecule has 220 valence electrons. The number of hydrogen-bond donors (Lipinski definition) is 2. The molecule has 2 aliphatic heterocycles. The fraction of sp³-hybridized carbons (Fsp3) is 0.273. The second-order valence-corrected chi connectivity index (χ2v) is 10.7. The highest BCUT2D eigenvalue weighted by molar-refractivity contribution is 5.91. The second kappa shape index (κ2) is 13.2. The molecule has 4 amide bonds. The van der Waals surface area contributed by atoms with Crippen molar-refractivity contribution in [1.29, 1.82) is 0 Å². The predicted octanol–water partition coefficient (Wildman–Crippen LogP) is 4.78. The third-order valence-electron chi connectivity index (χ3n) is 7.98. The number of nitrogens with zero attached hydrogens (tertiary/aromatic N) is 6. The van der Waals surface area contributed by atoms with Gasteiger partial charge in [0.05, 0.1) is 0 Å². The summed E-state index contributed by atoms with van der Waals surface area (Å²) in [7, 11) is 0. The highest BCUT2D eigenvalue weighted by Crippen LogP contribution is 2.25. The summed E-state index contributed by atoms with van der Waals surface area (Å²) < 4.78 is 0. The van der Waals surface area contributed by atoms with Gasteiger partial charge in [-0.15, -0.1) is 0 Å².